The number of carbonyl (C=O) groups excluding carboxylic acids is 1. The lowest BCUT2D eigenvalue weighted by atomic mass is 9.96. The molecule has 0 aliphatic carbocycles. The van der Waals surface area contributed by atoms with E-state index in [1.54, 1.807) is 6.20 Å². The highest BCUT2D eigenvalue weighted by molar-refractivity contribution is 7.80. The molecule has 4 rings (SSSR count). The molecule has 0 amide bonds. The van der Waals surface area contributed by atoms with Crippen LogP contribution in [0.2, 0.25) is 0 Å². The maximum Gasteiger partial charge on any atom is 0.305 e. The number of esters is 1. The topological polar surface area (TPSA) is 72.3 Å². The fourth-order valence-corrected chi connectivity index (χ4v) is 4.84. The first-order valence-corrected chi connectivity index (χ1v) is 11.5. The molecule has 0 spiro atoms. The molecule has 4 heterocycles. The molecule has 3 aromatic heterocycles. The van der Waals surface area contributed by atoms with E-state index < -0.39 is 0 Å². The fourth-order valence-electron chi connectivity index (χ4n) is 4.51. The molecule has 3 aromatic rings. The van der Waals surface area contributed by atoms with Gasteiger partial charge in [0.1, 0.15) is 5.82 Å². The highest BCUT2D eigenvalue weighted by Crippen LogP contribution is 2.41. The maximum absolute atomic E-state index is 11.7. The van der Waals surface area contributed by atoms with Gasteiger partial charge in [-0.05, 0) is 74.8 Å². The first-order valence-electron chi connectivity index (χ1n) is 11.1. The molecule has 172 valence electrons. The Kier molecular flexibility index (Phi) is 6.74. The van der Waals surface area contributed by atoms with E-state index in [0.717, 1.165) is 34.0 Å². The average Bonchev–Trinajstić information content (AvgIpc) is 3.30. The van der Waals surface area contributed by atoms with Crippen molar-refractivity contribution in [3.8, 4) is 5.82 Å². The number of aryl methyl sites for hydroxylation is 2. The number of carbonyl (C=O) groups is 1. The third kappa shape index (κ3) is 4.61. The summed E-state index contributed by atoms with van der Waals surface area (Å²) in [5, 5.41) is 4.14. The lowest BCUT2D eigenvalue weighted by molar-refractivity contribution is -0.140. The van der Waals surface area contributed by atoms with Crippen molar-refractivity contribution in [3.63, 3.8) is 0 Å². The first-order chi connectivity index (χ1) is 15.9. The van der Waals surface area contributed by atoms with Crippen molar-refractivity contribution in [3.05, 3.63) is 77.0 Å². The van der Waals surface area contributed by atoms with Crippen molar-refractivity contribution in [2.24, 2.45) is 0 Å². The lowest BCUT2D eigenvalue weighted by Crippen LogP contribution is -2.31. The quantitative estimate of drug-likeness (QED) is 0.417. The molecule has 0 unspecified atom stereocenters. The van der Waals surface area contributed by atoms with Crippen LogP contribution in [-0.2, 0) is 9.53 Å². The predicted molar refractivity (Wildman–Crippen MR) is 131 cm³/mol. The van der Waals surface area contributed by atoms with E-state index in [4.69, 9.17) is 17.0 Å². The van der Waals surface area contributed by atoms with Crippen molar-refractivity contribution in [2.75, 3.05) is 13.7 Å². The standard InChI is InChI=1S/C25H29N5O2S/c1-16-10-11-21(27-15-16)30-17(2)14-19(18(30)3)24-23(20-8-5-6-12-26-20)28-25(33)29(24)13-7-9-22(31)32-4/h5-6,8,10-12,14-15,23-24H,7,9,13H2,1-4H3,(H,28,33)/t23-,24+/m1/s1. The van der Waals surface area contributed by atoms with Crippen molar-refractivity contribution < 1.29 is 9.53 Å². The zero-order valence-electron chi connectivity index (χ0n) is 19.4. The molecule has 8 heteroatoms. The number of hydrogen-bond donors (Lipinski definition) is 1. The van der Waals surface area contributed by atoms with E-state index >= 15 is 0 Å². The number of pyridine rings is 2. The maximum atomic E-state index is 11.7. The molecule has 1 N–H and O–H groups in total. The first kappa shape index (κ1) is 22.9. The second-order valence-electron chi connectivity index (χ2n) is 8.36. The van der Waals surface area contributed by atoms with Crippen LogP contribution in [0.25, 0.3) is 5.82 Å². The zero-order valence-corrected chi connectivity index (χ0v) is 20.2. The van der Waals surface area contributed by atoms with Crippen molar-refractivity contribution >= 4 is 23.3 Å². The summed E-state index contributed by atoms with van der Waals surface area (Å²) in [7, 11) is 1.41. The van der Waals surface area contributed by atoms with E-state index in [1.807, 2.05) is 37.4 Å². The highest BCUT2D eigenvalue weighted by Gasteiger charge is 2.41. The van der Waals surface area contributed by atoms with Crippen LogP contribution in [-0.4, -0.2) is 44.2 Å². The zero-order chi connectivity index (χ0) is 23.5. The fraction of sp³-hybridized carbons (Fsp3) is 0.360. The second kappa shape index (κ2) is 9.70. The summed E-state index contributed by atoms with van der Waals surface area (Å²) in [5.41, 5.74) is 5.43. The predicted octanol–water partition coefficient (Wildman–Crippen LogP) is 4.12. The molecule has 2 atom stereocenters. The molecule has 1 fully saturated rings. The van der Waals surface area contributed by atoms with Gasteiger partial charge in [-0.2, -0.15) is 0 Å². The third-order valence-electron chi connectivity index (χ3n) is 6.12. The van der Waals surface area contributed by atoms with Gasteiger partial charge in [-0.3, -0.25) is 9.78 Å². The number of ether oxygens (including phenoxy) is 1. The number of hydrogen-bond acceptors (Lipinski definition) is 5. The van der Waals surface area contributed by atoms with Crippen LogP contribution in [0.4, 0.5) is 0 Å². The van der Waals surface area contributed by atoms with Gasteiger partial charge in [-0.25, -0.2) is 4.98 Å². The Bertz CT molecular complexity index is 1140. The Labute approximate surface area is 199 Å². The monoisotopic (exact) mass is 463 g/mol. The normalized spacial score (nSPS) is 17.8. The summed E-state index contributed by atoms with van der Waals surface area (Å²) in [6, 6.07) is 12.1. The molecule has 0 radical (unpaired) electrons. The second-order valence-corrected chi connectivity index (χ2v) is 8.74. The molecule has 1 aliphatic rings. The summed E-state index contributed by atoms with van der Waals surface area (Å²) in [5.74, 6) is 0.677. The van der Waals surface area contributed by atoms with E-state index in [1.165, 1.54) is 7.11 Å². The van der Waals surface area contributed by atoms with Crippen LogP contribution in [0, 0.1) is 20.8 Å². The number of aromatic nitrogens is 3. The van der Waals surface area contributed by atoms with Gasteiger partial charge < -0.3 is 19.5 Å². The van der Waals surface area contributed by atoms with Crippen LogP contribution in [0.3, 0.4) is 0 Å². The van der Waals surface area contributed by atoms with Gasteiger partial charge in [-0.1, -0.05) is 12.1 Å². The Balaban J connectivity index is 1.74. The van der Waals surface area contributed by atoms with Gasteiger partial charge in [0.15, 0.2) is 5.11 Å². The number of methoxy groups -OCH3 is 1. The molecular weight excluding hydrogens is 434 g/mol. The summed E-state index contributed by atoms with van der Waals surface area (Å²) in [6.07, 6.45) is 4.69. The number of rotatable bonds is 7. The van der Waals surface area contributed by atoms with E-state index in [0.29, 0.717) is 24.5 Å². The Morgan fingerprint density at radius 1 is 1.18 bits per heavy atom. The van der Waals surface area contributed by atoms with Crippen LogP contribution in [0.1, 0.15) is 53.1 Å². The van der Waals surface area contributed by atoms with Gasteiger partial charge in [-0.15, -0.1) is 0 Å². The molecule has 0 saturated carbocycles. The number of nitrogens with one attached hydrogen (secondary N) is 1. The van der Waals surface area contributed by atoms with Gasteiger partial charge in [0, 0.05) is 36.7 Å². The lowest BCUT2D eigenvalue weighted by Gasteiger charge is -2.28. The SMILES string of the molecule is COC(=O)CCCN1C(=S)N[C@H](c2ccccn2)[C@@H]1c1cc(C)n(-c2ccc(C)cn2)c1C. The van der Waals surface area contributed by atoms with Crippen LogP contribution < -0.4 is 5.32 Å². The molecule has 0 bridgehead atoms. The number of thiocarbonyl (C=S) groups is 1. The Hall–Kier alpha value is -3.26. The van der Waals surface area contributed by atoms with Crippen LogP contribution in [0.5, 0.6) is 0 Å². The van der Waals surface area contributed by atoms with Gasteiger partial charge in [0.05, 0.1) is 24.9 Å². The molecule has 1 saturated heterocycles. The van der Waals surface area contributed by atoms with Crippen molar-refractivity contribution in [1.29, 1.82) is 0 Å². The molecular formula is C25H29N5O2S. The molecule has 0 aromatic carbocycles. The average molecular weight is 464 g/mol. The van der Waals surface area contributed by atoms with E-state index in [2.05, 4.69) is 50.7 Å². The Morgan fingerprint density at radius 3 is 2.67 bits per heavy atom. The Morgan fingerprint density at radius 2 is 2.00 bits per heavy atom. The summed E-state index contributed by atoms with van der Waals surface area (Å²) < 4.78 is 6.99. The largest absolute Gasteiger partial charge is 0.469 e. The smallest absolute Gasteiger partial charge is 0.305 e. The van der Waals surface area contributed by atoms with Gasteiger partial charge in [0.25, 0.3) is 0 Å². The van der Waals surface area contributed by atoms with E-state index in [-0.39, 0.29) is 18.1 Å². The summed E-state index contributed by atoms with van der Waals surface area (Å²) in [4.78, 5) is 23.1. The van der Waals surface area contributed by atoms with Crippen LogP contribution in [0.15, 0.2) is 48.8 Å². The molecule has 33 heavy (non-hydrogen) atoms. The van der Waals surface area contributed by atoms with Crippen molar-refractivity contribution in [2.45, 2.75) is 45.7 Å². The number of nitrogens with zero attached hydrogens (tertiary/aromatic N) is 4. The van der Waals surface area contributed by atoms with Crippen molar-refractivity contribution in [1.82, 2.24) is 24.8 Å². The third-order valence-corrected chi connectivity index (χ3v) is 6.47. The minimum Gasteiger partial charge on any atom is -0.469 e. The minimum atomic E-state index is -0.213. The summed E-state index contributed by atoms with van der Waals surface area (Å²) >= 11 is 5.74. The van der Waals surface area contributed by atoms with Gasteiger partial charge in [0.2, 0.25) is 0 Å². The minimum absolute atomic E-state index is 0.0598. The van der Waals surface area contributed by atoms with Gasteiger partial charge >= 0.3 is 5.97 Å². The highest BCUT2D eigenvalue weighted by atomic mass is 32.1. The molecule has 1 aliphatic heterocycles. The van der Waals surface area contributed by atoms with Crippen LogP contribution >= 0.6 is 12.2 Å². The summed E-state index contributed by atoms with van der Waals surface area (Å²) in [6.45, 7) is 6.89. The molecule has 7 nitrogen and oxygen atoms in total. The van der Waals surface area contributed by atoms with E-state index in [9.17, 15) is 4.79 Å².